The zero-order valence-electron chi connectivity index (χ0n) is 13.0. The SMILES string of the molecule is Cn1c(=O)sc2cc(CCN3C(=O)c4ccccc4C3=O)ccc21. The highest BCUT2D eigenvalue weighted by Gasteiger charge is 2.34. The van der Waals surface area contributed by atoms with Crippen LogP contribution in [0.15, 0.2) is 47.3 Å². The second-order valence-corrected chi connectivity index (χ2v) is 6.78. The Morgan fingerprint density at radius 1 is 0.958 bits per heavy atom. The number of rotatable bonds is 3. The number of imide groups is 1. The van der Waals surface area contributed by atoms with Crippen molar-refractivity contribution < 1.29 is 9.59 Å². The molecule has 5 nitrogen and oxygen atoms in total. The van der Waals surface area contributed by atoms with Gasteiger partial charge in [0.05, 0.1) is 21.3 Å². The molecule has 1 aromatic heterocycles. The summed E-state index contributed by atoms with van der Waals surface area (Å²) in [5, 5.41) is 0. The number of fused-ring (bicyclic) bond motifs is 2. The van der Waals surface area contributed by atoms with Crippen molar-refractivity contribution >= 4 is 33.4 Å². The Morgan fingerprint density at radius 2 is 1.62 bits per heavy atom. The quantitative estimate of drug-likeness (QED) is 0.689. The summed E-state index contributed by atoms with van der Waals surface area (Å²) in [6.45, 7) is 0.333. The molecule has 0 N–H and O–H groups in total. The lowest BCUT2D eigenvalue weighted by molar-refractivity contribution is 0.0656. The first kappa shape index (κ1) is 14.8. The van der Waals surface area contributed by atoms with Crippen LogP contribution < -0.4 is 4.87 Å². The fourth-order valence-corrected chi connectivity index (χ4v) is 3.96. The molecule has 24 heavy (non-hydrogen) atoms. The van der Waals surface area contributed by atoms with Gasteiger partial charge in [0.25, 0.3) is 11.8 Å². The Bertz CT molecular complexity index is 1010. The summed E-state index contributed by atoms with van der Waals surface area (Å²) in [6, 6.07) is 12.7. The number of hydrogen-bond donors (Lipinski definition) is 0. The number of aryl methyl sites for hydroxylation is 1. The molecule has 0 bridgehead atoms. The number of carbonyl (C=O) groups excluding carboxylic acids is 2. The summed E-state index contributed by atoms with van der Waals surface area (Å²) in [4.78, 5) is 37.7. The van der Waals surface area contributed by atoms with Gasteiger partial charge in [0.1, 0.15) is 0 Å². The number of amides is 2. The van der Waals surface area contributed by atoms with Crippen LogP contribution in [0.1, 0.15) is 26.3 Å². The normalized spacial score (nSPS) is 13.8. The van der Waals surface area contributed by atoms with Crippen molar-refractivity contribution in [3.63, 3.8) is 0 Å². The molecule has 6 heteroatoms. The van der Waals surface area contributed by atoms with Crippen molar-refractivity contribution in [2.75, 3.05) is 6.54 Å². The molecule has 0 spiro atoms. The molecule has 2 heterocycles. The number of benzene rings is 2. The molecular formula is C18H14N2O3S. The standard InChI is InChI=1S/C18H14N2O3S/c1-19-14-7-6-11(10-15(14)24-18(19)23)8-9-20-16(21)12-4-2-3-5-13(12)17(20)22/h2-7,10H,8-9H2,1H3. The van der Waals surface area contributed by atoms with E-state index in [2.05, 4.69) is 0 Å². The molecule has 2 aromatic carbocycles. The molecular weight excluding hydrogens is 324 g/mol. The van der Waals surface area contributed by atoms with E-state index in [-0.39, 0.29) is 16.7 Å². The van der Waals surface area contributed by atoms with Crippen LogP contribution in [0.4, 0.5) is 0 Å². The zero-order valence-corrected chi connectivity index (χ0v) is 13.8. The van der Waals surface area contributed by atoms with Gasteiger partial charge in [-0.25, -0.2) is 0 Å². The molecule has 0 fully saturated rings. The maximum atomic E-state index is 12.4. The van der Waals surface area contributed by atoms with Gasteiger partial charge in [0, 0.05) is 13.6 Å². The fraction of sp³-hybridized carbons (Fsp3) is 0.167. The third-order valence-electron chi connectivity index (χ3n) is 4.36. The molecule has 2 amide bonds. The second-order valence-electron chi connectivity index (χ2n) is 5.79. The van der Waals surface area contributed by atoms with Gasteiger partial charge in [-0.3, -0.25) is 19.3 Å². The van der Waals surface area contributed by atoms with E-state index in [4.69, 9.17) is 0 Å². The Hall–Kier alpha value is -2.73. The first-order chi connectivity index (χ1) is 11.6. The molecule has 0 aliphatic carbocycles. The highest BCUT2D eigenvalue weighted by Crippen LogP contribution is 2.23. The van der Waals surface area contributed by atoms with E-state index in [0.29, 0.717) is 24.1 Å². The summed E-state index contributed by atoms with van der Waals surface area (Å²) < 4.78 is 2.54. The predicted molar refractivity (Wildman–Crippen MR) is 92.6 cm³/mol. The number of hydrogen-bond acceptors (Lipinski definition) is 4. The lowest BCUT2D eigenvalue weighted by Crippen LogP contribution is -2.31. The lowest BCUT2D eigenvalue weighted by Gasteiger charge is -2.13. The molecule has 0 radical (unpaired) electrons. The van der Waals surface area contributed by atoms with E-state index in [9.17, 15) is 14.4 Å². The van der Waals surface area contributed by atoms with Gasteiger partial charge < -0.3 is 4.57 Å². The van der Waals surface area contributed by atoms with Gasteiger partial charge in [0.15, 0.2) is 0 Å². The van der Waals surface area contributed by atoms with Crippen molar-refractivity contribution in [3.8, 4) is 0 Å². The molecule has 0 atom stereocenters. The average Bonchev–Trinajstić information content (AvgIpc) is 3.01. The number of carbonyl (C=O) groups is 2. The summed E-state index contributed by atoms with van der Waals surface area (Å²) in [6.07, 6.45) is 0.567. The maximum Gasteiger partial charge on any atom is 0.307 e. The first-order valence-corrected chi connectivity index (χ1v) is 8.41. The van der Waals surface area contributed by atoms with Crippen molar-refractivity contribution in [1.29, 1.82) is 0 Å². The van der Waals surface area contributed by atoms with Crippen molar-refractivity contribution in [1.82, 2.24) is 9.47 Å². The second kappa shape index (κ2) is 5.42. The molecule has 0 saturated carbocycles. The Balaban J connectivity index is 1.57. The van der Waals surface area contributed by atoms with Crippen LogP contribution in [0.3, 0.4) is 0 Å². The van der Waals surface area contributed by atoms with Crippen LogP contribution in [-0.4, -0.2) is 27.8 Å². The average molecular weight is 338 g/mol. The van der Waals surface area contributed by atoms with Crippen LogP contribution in [-0.2, 0) is 13.5 Å². The summed E-state index contributed by atoms with van der Waals surface area (Å²) in [5.41, 5.74) is 2.84. The number of thiazole rings is 1. The smallest absolute Gasteiger partial charge is 0.302 e. The third kappa shape index (κ3) is 2.18. The van der Waals surface area contributed by atoms with Crippen molar-refractivity contribution in [2.45, 2.75) is 6.42 Å². The fourth-order valence-electron chi connectivity index (χ4n) is 3.02. The van der Waals surface area contributed by atoms with Gasteiger partial charge in [-0.2, -0.15) is 0 Å². The molecule has 120 valence electrons. The topological polar surface area (TPSA) is 59.4 Å². The van der Waals surface area contributed by atoms with E-state index in [1.165, 1.54) is 16.2 Å². The van der Waals surface area contributed by atoms with E-state index >= 15 is 0 Å². The predicted octanol–water partition coefficient (Wildman–Crippen LogP) is 2.44. The third-order valence-corrected chi connectivity index (χ3v) is 5.35. The molecule has 4 rings (SSSR count). The summed E-state index contributed by atoms with van der Waals surface area (Å²) in [7, 11) is 1.75. The van der Waals surface area contributed by atoms with Crippen LogP contribution in [0, 0.1) is 0 Å². The first-order valence-electron chi connectivity index (χ1n) is 7.60. The number of nitrogens with zero attached hydrogens (tertiary/aromatic N) is 2. The van der Waals surface area contributed by atoms with Crippen LogP contribution in [0.5, 0.6) is 0 Å². The Kier molecular flexibility index (Phi) is 3.35. The van der Waals surface area contributed by atoms with E-state index in [1.807, 2.05) is 18.2 Å². The van der Waals surface area contributed by atoms with Crippen LogP contribution in [0.2, 0.25) is 0 Å². The largest absolute Gasteiger partial charge is 0.307 e. The maximum absolute atomic E-state index is 12.4. The molecule has 1 aliphatic heterocycles. The van der Waals surface area contributed by atoms with E-state index < -0.39 is 0 Å². The Morgan fingerprint density at radius 3 is 2.29 bits per heavy atom. The van der Waals surface area contributed by atoms with Gasteiger partial charge in [-0.15, -0.1) is 0 Å². The van der Waals surface area contributed by atoms with Crippen LogP contribution >= 0.6 is 11.3 Å². The van der Waals surface area contributed by atoms with Crippen molar-refractivity contribution in [3.05, 3.63) is 68.8 Å². The van der Waals surface area contributed by atoms with Gasteiger partial charge in [-0.1, -0.05) is 29.5 Å². The molecule has 3 aromatic rings. The number of aromatic nitrogens is 1. The highest BCUT2D eigenvalue weighted by atomic mass is 32.1. The highest BCUT2D eigenvalue weighted by molar-refractivity contribution is 7.16. The van der Waals surface area contributed by atoms with Crippen molar-refractivity contribution in [2.24, 2.45) is 7.05 Å². The summed E-state index contributed by atoms with van der Waals surface area (Å²) >= 11 is 1.20. The minimum Gasteiger partial charge on any atom is -0.302 e. The Labute approximate surface area is 141 Å². The van der Waals surface area contributed by atoms with Gasteiger partial charge in [0.2, 0.25) is 0 Å². The minimum atomic E-state index is -0.235. The lowest BCUT2D eigenvalue weighted by atomic mass is 10.1. The van der Waals surface area contributed by atoms with Gasteiger partial charge >= 0.3 is 4.87 Å². The van der Waals surface area contributed by atoms with E-state index in [1.54, 1.807) is 35.9 Å². The van der Waals surface area contributed by atoms with Crippen LogP contribution in [0.25, 0.3) is 10.2 Å². The summed E-state index contributed by atoms with van der Waals surface area (Å²) in [5.74, 6) is -0.470. The minimum absolute atomic E-state index is 0.00231. The molecule has 0 unspecified atom stereocenters. The molecule has 1 aliphatic rings. The van der Waals surface area contributed by atoms with E-state index in [0.717, 1.165) is 15.8 Å². The molecule has 0 saturated heterocycles. The monoisotopic (exact) mass is 338 g/mol. The van der Waals surface area contributed by atoms with Gasteiger partial charge in [-0.05, 0) is 36.2 Å². The zero-order chi connectivity index (χ0) is 16.8.